The van der Waals surface area contributed by atoms with E-state index in [2.05, 4.69) is 5.32 Å². The zero-order valence-corrected chi connectivity index (χ0v) is 16.6. The topological polar surface area (TPSA) is 158 Å². The Morgan fingerprint density at radius 3 is 2.13 bits per heavy atom. The third-order valence-corrected chi connectivity index (χ3v) is 5.68. The highest BCUT2D eigenvalue weighted by Gasteiger charge is 2.31. The Morgan fingerprint density at radius 2 is 1.53 bits per heavy atom. The van der Waals surface area contributed by atoms with E-state index in [-0.39, 0.29) is 12.5 Å². The monoisotopic (exact) mass is 421 g/mol. The number of hydrogen-bond acceptors (Lipinski definition) is 6. The summed E-state index contributed by atoms with van der Waals surface area (Å²) in [6.07, 6.45) is 6.69. The van der Waals surface area contributed by atoms with Crippen LogP contribution in [-0.4, -0.2) is 50.8 Å². The van der Waals surface area contributed by atoms with E-state index in [1.54, 1.807) is 0 Å². The van der Waals surface area contributed by atoms with Crippen LogP contribution < -0.4 is 16.2 Å². The van der Waals surface area contributed by atoms with Gasteiger partial charge in [-0.25, -0.2) is 0 Å². The number of carbonyl (C=O) groups excluding carboxylic acids is 2. The maximum Gasteiger partial charge on any atom is 0.322 e. The van der Waals surface area contributed by atoms with E-state index in [1.165, 1.54) is 0 Å². The molecule has 0 unspecified atom stereocenters. The van der Waals surface area contributed by atoms with Crippen molar-refractivity contribution in [2.75, 3.05) is 13.1 Å². The molecular formula is C20H27N3O7. The van der Waals surface area contributed by atoms with Crippen LogP contribution in [0.4, 0.5) is 0 Å². The van der Waals surface area contributed by atoms with Gasteiger partial charge in [-0.05, 0) is 37.5 Å². The van der Waals surface area contributed by atoms with Crippen molar-refractivity contribution in [2.24, 2.45) is 11.8 Å². The molecule has 1 aromatic rings. The summed E-state index contributed by atoms with van der Waals surface area (Å²) in [5.41, 5.74) is -2.26. The van der Waals surface area contributed by atoms with Crippen molar-refractivity contribution in [2.45, 2.75) is 51.5 Å². The highest BCUT2D eigenvalue weighted by atomic mass is 16.4. The first-order chi connectivity index (χ1) is 14.3. The normalized spacial score (nSPS) is 16.8. The molecule has 10 heteroatoms. The molecule has 30 heavy (non-hydrogen) atoms. The lowest BCUT2D eigenvalue weighted by molar-refractivity contribution is -0.135. The number of aromatic hydroxyl groups is 2. The molecule has 2 fully saturated rings. The molecule has 3 rings (SSSR count). The molecule has 0 spiro atoms. The van der Waals surface area contributed by atoms with Gasteiger partial charge in [-0.15, -0.1) is 0 Å². The second-order valence-electron chi connectivity index (χ2n) is 8.07. The van der Waals surface area contributed by atoms with Crippen LogP contribution >= 0.6 is 0 Å². The Balaban J connectivity index is 2.00. The van der Waals surface area contributed by atoms with Crippen LogP contribution in [0.5, 0.6) is 11.6 Å². The van der Waals surface area contributed by atoms with Gasteiger partial charge >= 0.3 is 5.97 Å². The van der Waals surface area contributed by atoms with E-state index in [4.69, 9.17) is 5.11 Å². The second kappa shape index (κ2) is 9.19. The summed E-state index contributed by atoms with van der Waals surface area (Å²) in [5, 5.41) is 34.6. The van der Waals surface area contributed by atoms with Crippen molar-refractivity contribution < 1.29 is 29.7 Å². The molecule has 164 valence electrons. The minimum atomic E-state index is -1.33. The van der Waals surface area contributed by atoms with Crippen LogP contribution in [0.2, 0.25) is 0 Å². The van der Waals surface area contributed by atoms with Gasteiger partial charge in [0.2, 0.25) is 5.88 Å². The fourth-order valence-corrected chi connectivity index (χ4v) is 3.80. The zero-order valence-electron chi connectivity index (χ0n) is 16.6. The third kappa shape index (κ3) is 4.92. The fraction of sp³-hybridized carbons (Fsp3) is 0.600. The smallest absolute Gasteiger partial charge is 0.322 e. The van der Waals surface area contributed by atoms with Crippen LogP contribution in [0.3, 0.4) is 0 Å². The van der Waals surface area contributed by atoms with Crippen molar-refractivity contribution in [3.05, 3.63) is 21.5 Å². The molecular weight excluding hydrogens is 394 g/mol. The van der Waals surface area contributed by atoms with Crippen molar-refractivity contribution in [3.8, 4) is 11.6 Å². The van der Waals surface area contributed by atoms with E-state index in [1.807, 2.05) is 5.32 Å². The number of hydrogen-bond donors (Lipinski definition) is 5. The minimum Gasteiger partial charge on any atom is -0.506 e. The summed E-state index contributed by atoms with van der Waals surface area (Å²) >= 11 is 0. The quantitative estimate of drug-likeness (QED) is 0.415. The van der Waals surface area contributed by atoms with Gasteiger partial charge in [-0.2, -0.15) is 0 Å². The molecule has 2 aliphatic carbocycles. The number of pyridine rings is 1. The summed E-state index contributed by atoms with van der Waals surface area (Å²) in [6.45, 7) is -0.294. The SMILES string of the molecule is O=C(O)CNC(=O)c1c(O)c(C(=O)NCC2CC2)c(O)n(CC2CCCCC2)c1=O. The van der Waals surface area contributed by atoms with E-state index in [9.17, 15) is 29.4 Å². The van der Waals surface area contributed by atoms with Gasteiger partial charge in [-0.3, -0.25) is 23.7 Å². The predicted octanol–water partition coefficient (Wildman–Crippen LogP) is 0.794. The zero-order chi connectivity index (χ0) is 21.8. The van der Waals surface area contributed by atoms with Gasteiger partial charge in [0, 0.05) is 13.1 Å². The molecule has 2 amide bonds. The number of nitrogens with zero attached hydrogens (tertiary/aromatic N) is 1. The van der Waals surface area contributed by atoms with E-state index in [0.717, 1.165) is 49.5 Å². The number of carboxylic acids is 1. The van der Waals surface area contributed by atoms with Crippen LogP contribution in [0, 0.1) is 11.8 Å². The number of aromatic nitrogens is 1. The van der Waals surface area contributed by atoms with E-state index in [0.29, 0.717) is 12.5 Å². The largest absolute Gasteiger partial charge is 0.506 e. The second-order valence-corrected chi connectivity index (χ2v) is 8.07. The van der Waals surface area contributed by atoms with Crippen LogP contribution in [0.15, 0.2) is 4.79 Å². The molecule has 0 radical (unpaired) electrons. The molecule has 0 saturated heterocycles. The molecule has 0 atom stereocenters. The number of nitrogens with one attached hydrogen (secondary N) is 2. The highest BCUT2D eigenvalue weighted by molar-refractivity contribution is 6.05. The maximum atomic E-state index is 12.9. The van der Waals surface area contributed by atoms with Crippen LogP contribution in [0.1, 0.15) is 65.7 Å². The summed E-state index contributed by atoms with van der Waals surface area (Å²) in [6, 6.07) is 0. The lowest BCUT2D eigenvalue weighted by Crippen LogP contribution is -2.38. The summed E-state index contributed by atoms with van der Waals surface area (Å²) < 4.78 is 0.942. The van der Waals surface area contributed by atoms with Crippen molar-refractivity contribution in [1.29, 1.82) is 0 Å². The molecule has 0 aromatic carbocycles. The maximum absolute atomic E-state index is 12.9. The molecule has 5 N–H and O–H groups in total. The molecule has 10 nitrogen and oxygen atoms in total. The van der Waals surface area contributed by atoms with Crippen LogP contribution in [-0.2, 0) is 11.3 Å². The number of amides is 2. The van der Waals surface area contributed by atoms with Gasteiger partial charge in [0.1, 0.15) is 17.7 Å². The standard InChI is InChI=1S/C20H27N3O7/c24-13(25)9-22-18(28)15-16(26)14(17(27)21-8-11-6-7-11)19(29)23(20(15)30)10-12-4-2-1-3-5-12/h11-12,26,29H,1-10H2,(H,21,27)(H,22,28)(H,24,25). The molecule has 0 aliphatic heterocycles. The predicted molar refractivity (Wildman–Crippen MR) is 106 cm³/mol. The Bertz CT molecular complexity index is 899. The molecule has 1 heterocycles. The number of rotatable bonds is 8. The lowest BCUT2D eigenvalue weighted by Gasteiger charge is -2.24. The fourth-order valence-electron chi connectivity index (χ4n) is 3.80. The molecule has 0 bridgehead atoms. The molecule has 1 aromatic heterocycles. The van der Waals surface area contributed by atoms with Gasteiger partial charge in [0.25, 0.3) is 17.4 Å². The van der Waals surface area contributed by atoms with Gasteiger partial charge in [0.05, 0.1) is 0 Å². The first-order valence-corrected chi connectivity index (χ1v) is 10.3. The molecule has 2 saturated carbocycles. The summed E-state index contributed by atoms with van der Waals surface area (Å²) in [7, 11) is 0. The lowest BCUT2D eigenvalue weighted by atomic mass is 9.89. The van der Waals surface area contributed by atoms with Crippen molar-refractivity contribution in [3.63, 3.8) is 0 Å². The van der Waals surface area contributed by atoms with Gasteiger partial charge < -0.3 is 26.0 Å². The average Bonchev–Trinajstić information content (AvgIpc) is 3.53. The Labute approximate surface area is 172 Å². The molecule has 2 aliphatic rings. The first-order valence-electron chi connectivity index (χ1n) is 10.3. The Morgan fingerprint density at radius 1 is 0.900 bits per heavy atom. The number of aliphatic carboxylic acids is 1. The number of carbonyl (C=O) groups is 3. The van der Waals surface area contributed by atoms with E-state index >= 15 is 0 Å². The first kappa shape index (κ1) is 21.7. The Kier molecular flexibility index (Phi) is 6.63. The van der Waals surface area contributed by atoms with Crippen LogP contribution in [0.25, 0.3) is 0 Å². The minimum absolute atomic E-state index is 0.0872. The average molecular weight is 421 g/mol. The Hall–Kier alpha value is -3.04. The van der Waals surface area contributed by atoms with Gasteiger partial charge in [-0.1, -0.05) is 19.3 Å². The van der Waals surface area contributed by atoms with Crippen molar-refractivity contribution >= 4 is 17.8 Å². The summed E-state index contributed by atoms with van der Waals surface area (Å²) in [5.74, 6) is -4.45. The number of carboxylic acid groups (broad SMARTS) is 1. The summed E-state index contributed by atoms with van der Waals surface area (Å²) in [4.78, 5) is 48.8. The van der Waals surface area contributed by atoms with Crippen molar-refractivity contribution in [1.82, 2.24) is 15.2 Å². The van der Waals surface area contributed by atoms with E-state index < -0.39 is 52.6 Å². The highest BCUT2D eigenvalue weighted by Crippen LogP contribution is 2.32. The van der Waals surface area contributed by atoms with Gasteiger partial charge in [0.15, 0.2) is 5.75 Å². The third-order valence-electron chi connectivity index (χ3n) is 5.68.